The first-order chi connectivity index (χ1) is 7.65. The maximum atomic E-state index is 6.02. The molecule has 0 aliphatic carbocycles. The van der Waals surface area contributed by atoms with Crippen molar-refractivity contribution in [3.8, 4) is 0 Å². The topological polar surface area (TPSA) is 15.3 Å². The Hall–Kier alpha value is -0.440. The van der Waals surface area contributed by atoms with Crippen molar-refractivity contribution in [3.05, 3.63) is 28.2 Å². The highest BCUT2D eigenvalue weighted by atomic mass is 35.5. The van der Waals surface area contributed by atoms with Crippen LogP contribution in [-0.4, -0.2) is 25.7 Å². The van der Waals surface area contributed by atoms with Gasteiger partial charge in [0.25, 0.3) is 0 Å². The van der Waals surface area contributed by atoms with Crippen LogP contribution in [0, 0.1) is 0 Å². The number of nitrogens with zero attached hydrogens (tertiary/aromatic N) is 1. The van der Waals surface area contributed by atoms with Crippen LogP contribution in [0.25, 0.3) is 0 Å². The monoisotopic (exact) mass is 258 g/mol. The molecule has 1 saturated heterocycles. The van der Waals surface area contributed by atoms with Crippen LogP contribution >= 0.6 is 23.2 Å². The predicted molar refractivity (Wildman–Crippen MR) is 70.8 cm³/mol. The van der Waals surface area contributed by atoms with Crippen molar-refractivity contribution in [3.63, 3.8) is 0 Å². The summed E-state index contributed by atoms with van der Waals surface area (Å²) >= 11 is 12.0. The highest BCUT2D eigenvalue weighted by Crippen LogP contribution is 2.26. The number of halogens is 2. The second-order valence-electron chi connectivity index (χ2n) is 4.28. The summed E-state index contributed by atoms with van der Waals surface area (Å²) in [5.41, 5.74) is 1.12. The van der Waals surface area contributed by atoms with Gasteiger partial charge in [-0.3, -0.25) is 0 Å². The van der Waals surface area contributed by atoms with Gasteiger partial charge in [-0.05, 0) is 38.1 Å². The lowest BCUT2D eigenvalue weighted by atomic mass is 10.2. The van der Waals surface area contributed by atoms with Gasteiger partial charge < -0.3 is 10.2 Å². The molecule has 0 amide bonds. The summed E-state index contributed by atoms with van der Waals surface area (Å²) in [4.78, 5) is 2.34. The third-order valence-electron chi connectivity index (χ3n) is 2.80. The van der Waals surface area contributed by atoms with Crippen LogP contribution in [0.2, 0.25) is 10.0 Å². The summed E-state index contributed by atoms with van der Waals surface area (Å²) in [6, 6.07) is 6.23. The van der Waals surface area contributed by atoms with E-state index in [1.54, 1.807) is 6.07 Å². The molecule has 0 bridgehead atoms. The normalized spacial score (nSPS) is 21.9. The molecular formula is C12H16Cl2N2. The van der Waals surface area contributed by atoms with E-state index in [2.05, 4.69) is 17.1 Å². The second kappa shape index (κ2) is 5.26. The minimum atomic E-state index is 0.500. The molecule has 1 aliphatic rings. The van der Waals surface area contributed by atoms with E-state index in [9.17, 15) is 0 Å². The van der Waals surface area contributed by atoms with Crippen LogP contribution in [0.1, 0.15) is 13.3 Å². The molecule has 16 heavy (non-hydrogen) atoms. The molecule has 88 valence electrons. The molecule has 1 N–H and O–H groups in total. The average molecular weight is 259 g/mol. The number of hydrogen-bond donors (Lipinski definition) is 1. The highest BCUT2D eigenvalue weighted by Gasteiger charge is 2.15. The number of rotatable bonds is 1. The number of nitrogens with one attached hydrogen (secondary N) is 1. The van der Waals surface area contributed by atoms with E-state index in [0.717, 1.165) is 31.7 Å². The van der Waals surface area contributed by atoms with Gasteiger partial charge in [0.1, 0.15) is 0 Å². The third-order valence-corrected chi connectivity index (χ3v) is 3.24. The Kier molecular flexibility index (Phi) is 3.95. The van der Waals surface area contributed by atoms with Crippen molar-refractivity contribution in [1.29, 1.82) is 0 Å². The van der Waals surface area contributed by atoms with Crippen molar-refractivity contribution < 1.29 is 0 Å². The fraction of sp³-hybridized carbons (Fsp3) is 0.500. The Morgan fingerprint density at radius 3 is 2.62 bits per heavy atom. The molecule has 2 nitrogen and oxygen atoms in total. The van der Waals surface area contributed by atoms with Crippen LogP contribution in [-0.2, 0) is 0 Å². The van der Waals surface area contributed by atoms with E-state index in [1.165, 1.54) is 0 Å². The first-order valence-electron chi connectivity index (χ1n) is 5.59. The van der Waals surface area contributed by atoms with Gasteiger partial charge in [-0.15, -0.1) is 0 Å². The van der Waals surface area contributed by atoms with Gasteiger partial charge in [0.2, 0.25) is 0 Å². The Labute approximate surface area is 107 Å². The molecule has 1 aromatic rings. The van der Waals surface area contributed by atoms with Crippen molar-refractivity contribution in [2.75, 3.05) is 24.5 Å². The predicted octanol–water partition coefficient (Wildman–Crippen LogP) is 3.18. The van der Waals surface area contributed by atoms with Crippen molar-refractivity contribution in [1.82, 2.24) is 5.32 Å². The van der Waals surface area contributed by atoms with E-state index < -0.39 is 0 Å². The molecule has 0 spiro atoms. The van der Waals surface area contributed by atoms with Crippen LogP contribution in [0.15, 0.2) is 18.2 Å². The molecular weight excluding hydrogens is 243 g/mol. The summed E-state index contributed by atoms with van der Waals surface area (Å²) < 4.78 is 0. The molecule has 1 heterocycles. The van der Waals surface area contributed by atoms with E-state index in [4.69, 9.17) is 23.2 Å². The summed E-state index contributed by atoms with van der Waals surface area (Å²) in [6.07, 6.45) is 1.15. The summed E-state index contributed by atoms with van der Waals surface area (Å²) in [6.45, 7) is 5.32. The summed E-state index contributed by atoms with van der Waals surface area (Å²) in [5.74, 6) is 0. The quantitative estimate of drug-likeness (QED) is 0.833. The van der Waals surface area contributed by atoms with Crippen molar-refractivity contribution in [2.45, 2.75) is 19.4 Å². The van der Waals surface area contributed by atoms with Crippen LogP contribution in [0.5, 0.6) is 0 Å². The zero-order valence-electron chi connectivity index (χ0n) is 9.34. The lowest BCUT2D eigenvalue weighted by Gasteiger charge is -2.25. The standard InChI is InChI=1S/C12H16Cl2N2/c1-9-8-16(4-2-3-15-9)12-6-10(13)5-11(14)7-12/h5-7,9,15H,2-4,8H2,1H3. The first kappa shape index (κ1) is 12.0. The molecule has 2 rings (SSSR count). The zero-order chi connectivity index (χ0) is 11.5. The van der Waals surface area contributed by atoms with Gasteiger partial charge in [-0.2, -0.15) is 0 Å². The molecule has 0 radical (unpaired) electrons. The molecule has 4 heteroatoms. The molecule has 1 atom stereocenters. The van der Waals surface area contributed by atoms with Gasteiger partial charge in [-0.25, -0.2) is 0 Å². The first-order valence-corrected chi connectivity index (χ1v) is 6.35. The Morgan fingerprint density at radius 2 is 1.94 bits per heavy atom. The maximum absolute atomic E-state index is 6.02. The number of hydrogen-bond acceptors (Lipinski definition) is 2. The molecule has 0 aromatic heterocycles. The second-order valence-corrected chi connectivity index (χ2v) is 5.16. The maximum Gasteiger partial charge on any atom is 0.0441 e. The third kappa shape index (κ3) is 3.03. The zero-order valence-corrected chi connectivity index (χ0v) is 10.9. The minimum Gasteiger partial charge on any atom is -0.370 e. The number of benzene rings is 1. The lowest BCUT2D eigenvalue weighted by Crippen LogP contribution is -2.35. The largest absolute Gasteiger partial charge is 0.370 e. The molecule has 0 saturated carbocycles. The van der Waals surface area contributed by atoms with Gasteiger partial charge in [0.15, 0.2) is 0 Å². The fourth-order valence-electron chi connectivity index (χ4n) is 2.06. The minimum absolute atomic E-state index is 0.500. The van der Waals surface area contributed by atoms with Crippen LogP contribution < -0.4 is 10.2 Å². The summed E-state index contributed by atoms with van der Waals surface area (Å²) in [7, 11) is 0. The summed E-state index contributed by atoms with van der Waals surface area (Å²) in [5, 5.41) is 4.87. The Balaban J connectivity index is 2.21. The van der Waals surface area contributed by atoms with Gasteiger partial charge in [-0.1, -0.05) is 23.2 Å². The number of anilines is 1. The molecule has 1 unspecified atom stereocenters. The van der Waals surface area contributed by atoms with E-state index in [1.807, 2.05) is 12.1 Å². The van der Waals surface area contributed by atoms with Gasteiger partial charge in [0.05, 0.1) is 0 Å². The van der Waals surface area contributed by atoms with Crippen LogP contribution in [0.3, 0.4) is 0 Å². The molecule has 1 fully saturated rings. The highest BCUT2D eigenvalue weighted by molar-refractivity contribution is 6.35. The molecule has 1 aliphatic heterocycles. The molecule has 1 aromatic carbocycles. The average Bonchev–Trinajstić information content (AvgIpc) is 2.41. The van der Waals surface area contributed by atoms with E-state index in [0.29, 0.717) is 16.1 Å². The van der Waals surface area contributed by atoms with Gasteiger partial charge in [0, 0.05) is 34.9 Å². The fourth-order valence-corrected chi connectivity index (χ4v) is 2.58. The van der Waals surface area contributed by atoms with E-state index in [-0.39, 0.29) is 0 Å². The van der Waals surface area contributed by atoms with Crippen molar-refractivity contribution >= 4 is 28.9 Å². The van der Waals surface area contributed by atoms with Crippen LogP contribution in [0.4, 0.5) is 5.69 Å². The van der Waals surface area contributed by atoms with E-state index >= 15 is 0 Å². The smallest absolute Gasteiger partial charge is 0.0441 e. The Bertz CT molecular complexity index is 348. The lowest BCUT2D eigenvalue weighted by molar-refractivity contribution is 0.585. The SMILES string of the molecule is CC1CN(c2cc(Cl)cc(Cl)c2)CCCN1. The Morgan fingerprint density at radius 1 is 1.25 bits per heavy atom. The van der Waals surface area contributed by atoms with Crippen molar-refractivity contribution in [2.24, 2.45) is 0 Å². The van der Waals surface area contributed by atoms with Gasteiger partial charge >= 0.3 is 0 Å².